The Balaban J connectivity index is 1.66. The van der Waals surface area contributed by atoms with Crippen LogP contribution in [0, 0.1) is 0 Å². The number of hydrogen-bond donors (Lipinski definition) is 0. The lowest BCUT2D eigenvalue weighted by Gasteiger charge is -2.47. The standard InChI is InChI=1S/C18H28N4O2/c1-20-9-4-10-21(2)18(14-20)7-11-22(12-8-18)17(23)15-5-6-16(24-3)19-13-15/h5-6,13H,4,7-12,14H2,1-3H3. The van der Waals surface area contributed by atoms with Gasteiger partial charge in [-0.05, 0) is 52.5 Å². The smallest absolute Gasteiger partial charge is 0.255 e. The van der Waals surface area contributed by atoms with Crippen molar-refractivity contribution in [3.8, 4) is 5.88 Å². The summed E-state index contributed by atoms with van der Waals surface area (Å²) >= 11 is 0. The number of likely N-dealkylation sites (N-methyl/N-ethyl adjacent to an activating group) is 2. The van der Waals surface area contributed by atoms with Gasteiger partial charge in [0.15, 0.2) is 0 Å². The van der Waals surface area contributed by atoms with Crippen LogP contribution in [0.5, 0.6) is 5.88 Å². The van der Waals surface area contributed by atoms with Crippen LogP contribution in [-0.4, -0.2) is 85.1 Å². The van der Waals surface area contributed by atoms with Crippen LogP contribution in [-0.2, 0) is 0 Å². The van der Waals surface area contributed by atoms with E-state index >= 15 is 0 Å². The van der Waals surface area contributed by atoms with Crippen LogP contribution in [0.3, 0.4) is 0 Å². The van der Waals surface area contributed by atoms with E-state index in [4.69, 9.17) is 4.74 Å². The maximum Gasteiger partial charge on any atom is 0.255 e. The molecular formula is C18H28N4O2. The van der Waals surface area contributed by atoms with E-state index in [9.17, 15) is 4.79 Å². The highest BCUT2D eigenvalue weighted by Crippen LogP contribution is 2.31. The SMILES string of the molecule is COc1ccc(C(=O)N2CCC3(CC2)CN(C)CCCN3C)cn1. The quantitative estimate of drug-likeness (QED) is 0.818. The van der Waals surface area contributed by atoms with Gasteiger partial charge in [-0.3, -0.25) is 9.69 Å². The zero-order chi connectivity index (χ0) is 17.2. The van der Waals surface area contributed by atoms with Gasteiger partial charge in [0.25, 0.3) is 5.91 Å². The van der Waals surface area contributed by atoms with Crippen LogP contribution in [0.4, 0.5) is 0 Å². The molecule has 0 aromatic carbocycles. The highest BCUT2D eigenvalue weighted by molar-refractivity contribution is 5.94. The summed E-state index contributed by atoms with van der Waals surface area (Å²) in [4.78, 5) is 23.8. The number of piperidine rings is 1. The van der Waals surface area contributed by atoms with Gasteiger partial charge in [-0.1, -0.05) is 0 Å². The van der Waals surface area contributed by atoms with Crippen molar-refractivity contribution >= 4 is 5.91 Å². The Morgan fingerprint density at radius 2 is 1.92 bits per heavy atom. The van der Waals surface area contributed by atoms with Crippen LogP contribution < -0.4 is 4.74 Å². The first-order valence-corrected chi connectivity index (χ1v) is 8.73. The van der Waals surface area contributed by atoms with Crippen molar-refractivity contribution in [1.82, 2.24) is 19.7 Å². The number of amides is 1. The molecule has 24 heavy (non-hydrogen) atoms. The van der Waals surface area contributed by atoms with E-state index in [-0.39, 0.29) is 11.4 Å². The molecule has 0 radical (unpaired) electrons. The molecule has 2 aliphatic rings. The number of carbonyl (C=O) groups excluding carboxylic acids is 1. The molecule has 2 saturated heterocycles. The fourth-order valence-corrected chi connectivity index (χ4v) is 3.99. The normalized spacial score (nSPS) is 22.4. The summed E-state index contributed by atoms with van der Waals surface area (Å²) in [5, 5.41) is 0. The molecule has 0 aliphatic carbocycles. The second-order valence-electron chi connectivity index (χ2n) is 7.12. The summed E-state index contributed by atoms with van der Waals surface area (Å²) in [6.07, 6.45) is 4.89. The first-order valence-electron chi connectivity index (χ1n) is 8.73. The predicted octanol–water partition coefficient (Wildman–Crippen LogP) is 1.33. The molecule has 2 aliphatic heterocycles. The minimum Gasteiger partial charge on any atom is -0.481 e. The highest BCUT2D eigenvalue weighted by atomic mass is 16.5. The van der Waals surface area contributed by atoms with E-state index in [1.54, 1.807) is 25.4 Å². The van der Waals surface area contributed by atoms with Gasteiger partial charge in [0, 0.05) is 37.4 Å². The molecular weight excluding hydrogens is 304 g/mol. The van der Waals surface area contributed by atoms with Crippen molar-refractivity contribution in [2.45, 2.75) is 24.8 Å². The average molecular weight is 332 g/mol. The Hall–Kier alpha value is -1.66. The van der Waals surface area contributed by atoms with Crippen molar-refractivity contribution < 1.29 is 9.53 Å². The fraction of sp³-hybridized carbons (Fsp3) is 0.667. The molecule has 0 unspecified atom stereocenters. The molecule has 1 aromatic rings. The summed E-state index contributed by atoms with van der Waals surface area (Å²) in [6, 6.07) is 3.54. The molecule has 6 nitrogen and oxygen atoms in total. The Kier molecular flexibility index (Phi) is 5.06. The number of nitrogens with zero attached hydrogens (tertiary/aromatic N) is 4. The Bertz CT molecular complexity index is 567. The van der Waals surface area contributed by atoms with Crippen LogP contribution in [0.15, 0.2) is 18.3 Å². The monoisotopic (exact) mass is 332 g/mol. The Morgan fingerprint density at radius 1 is 1.17 bits per heavy atom. The zero-order valence-corrected chi connectivity index (χ0v) is 15.0. The average Bonchev–Trinajstić information content (AvgIpc) is 2.74. The van der Waals surface area contributed by atoms with E-state index in [2.05, 4.69) is 28.9 Å². The molecule has 1 amide bonds. The van der Waals surface area contributed by atoms with Gasteiger partial charge in [-0.2, -0.15) is 0 Å². The molecule has 3 rings (SSSR count). The number of likely N-dealkylation sites (tertiary alicyclic amines) is 1. The minimum absolute atomic E-state index is 0.0737. The third-order valence-corrected chi connectivity index (χ3v) is 5.58. The van der Waals surface area contributed by atoms with Crippen LogP contribution >= 0.6 is 0 Å². The Morgan fingerprint density at radius 3 is 2.54 bits per heavy atom. The summed E-state index contributed by atoms with van der Waals surface area (Å²) in [6.45, 7) is 5.01. The van der Waals surface area contributed by atoms with Crippen molar-refractivity contribution in [2.24, 2.45) is 0 Å². The lowest BCUT2D eigenvalue weighted by Crippen LogP contribution is -2.58. The molecule has 6 heteroatoms. The molecule has 0 bridgehead atoms. The van der Waals surface area contributed by atoms with Gasteiger partial charge >= 0.3 is 0 Å². The molecule has 0 atom stereocenters. The molecule has 3 heterocycles. The van der Waals surface area contributed by atoms with Gasteiger partial charge in [0.2, 0.25) is 5.88 Å². The number of ether oxygens (including phenoxy) is 1. The lowest BCUT2D eigenvalue weighted by atomic mass is 9.85. The van der Waals surface area contributed by atoms with Gasteiger partial charge in [-0.15, -0.1) is 0 Å². The molecule has 0 saturated carbocycles. The van der Waals surface area contributed by atoms with Crippen LogP contribution in [0.2, 0.25) is 0 Å². The van der Waals surface area contributed by atoms with E-state index < -0.39 is 0 Å². The number of pyridine rings is 1. The van der Waals surface area contributed by atoms with E-state index in [1.165, 1.54) is 6.42 Å². The third-order valence-electron chi connectivity index (χ3n) is 5.58. The maximum absolute atomic E-state index is 12.7. The second kappa shape index (κ2) is 7.07. The third kappa shape index (κ3) is 3.39. The minimum atomic E-state index is 0.0737. The maximum atomic E-state index is 12.7. The largest absolute Gasteiger partial charge is 0.481 e. The number of rotatable bonds is 2. The zero-order valence-electron chi connectivity index (χ0n) is 15.0. The summed E-state index contributed by atoms with van der Waals surface area (Å²) in [5.41, 5.74) is 0.846. The number of aromatic nitrogens is 1. The Labute approximate surface area is 144 Å². The van der Waals surface area contributed by atoms with Gasteiger partial charge in [-0.25, -0.2) is 4.98 Å². The molecule has 2 fully saturated rings. The van der Waals surface area contributed by atoms with E-state index in [0.717, 1.165) is 45.6 Å². The van der Waals surface area contributed by atoms with Crippen LogP contribution in [0.25, 0.3) is 0 Å². The molecule has 0 N–H and O–H groups in total. The molecule has 132 valence electrons. The number of carbonyl (C=O) groups is 1. The van der Waals surface area contributed by atoms with Crippen molar-refractivity contribution in [2.75, 3.05) is 53.9 Å². The van der Waals surface area contributed by atoms with Crippen molar-refractivity contribution in [3.63, 3.8) is 0 Å². The first-order chi connectivity index (χ1) is 11.5. The van der Waals surface area contributed by atoms with Gasteiger partial charge in [0.1, 0.15) is 0 Å². The summed E-state index contributed by atoms with van der Waals surface area (Å²) in [5.74, 6) is 0.608. The molecule has 1 spiro atoms. The van der Waals surface area contributed by atoms with E-state index in [0.29, 0.717) is 11.4 Å². The molecule has 1 aromatic heterocycles. The topological polar surface area (TPSA) is 48.9 Å². The van der Waals surface area contributed by atoms with Crippen molar-refractivity contribution in [1.29, 1.82) is 0 Å². The highest BCUT2D eigenvalue weighted by Gasteiger charge is 2.41. The fourth-order valence-electron chi connectivity index (χ4n) is 3.99. The predicted molar refractivity (Wildman–Crippen MR) is 93.4 cm³/mol. The summed E-state index contributed by atoms with van der Waals surface area (Å²) < 4.78 is 5.06. The number of methoxy groups -OCH3 is 1. The van der Waals surface area contributed by atoms with Crippen molar-refractivity contribution in [3.05, 3.63) is 23.9 Å². The summed E-state index contributed by atoms with van der Waals surface area (Å²) in [7, 11) is 6.03. The second-order valence-corrected chi connectivity index (χ2v) is 7.12. The number of hydrogen-bond acceptors (Lipinski definition) is 5. The lowest BCUT2D eigenvalue weighted by molar-refractivity contribution is 0.0282. The van der Waals surface area contributed by atoms with E-state index in [1.807, 2.05) is 4.90 Å². The van der Waals surface area contributed by atoms with Gasteiger partial charge < -0.3 is 14.5 Å². The van der Waals surface area contributed by atoms with Gasteiger partial charge in [0.05, 0.1) is 12.7 Å². The first kappa shape index (κ1) is 17.2. The van der Waals surface area contributed by atoms with Crippen LogP contribution in [0.1, 0.15) is 29.6 Å².